The first kappa shape index (κ1) is 13.3. The van der Waals surface area contributed by atoms with Crippen LogP contribution in [0.4, 0.5) is 5.82 Å². The minimum Gasteiger partial charge on any atom is -0.389 e. The molecule has 0 aromatic carbocycles. The van der Waals surface area contributed by atoms with Crippen LogP contribution in [-0.4, -0.2) is 34.0 Å². The molecule has 100 valence electrons. The van der Waals surface area contributed by atoms with E-state index in [0.29, 0.717) is 4.99 Å². The number of hydrogen-bond acceptors (Lipinski definition) is 4. The predicted molar refractivity (Wildman–Crippen MR) is 75.9 cm³/mol. The summed E-state index contributed by atoms with van der Waals surface area (Å²) in [4.78, 5) is 0.382. The number of nitrogens with zero attached hydrogens (tertiary/aromatic N) is 2. The van der Waals surface area contributed by atoms with Crippen molar-refractivity contribution in [1.82, 2.24) is 9.78 Å². The SMILES string of the molecule is Cc1nn(C)c(NCC2CCCCO2)c1C(N)=S. The quantitative estimate of drug-likeness (QED) is 0.807. The lowest BCUT2D eigenvalue weighted by Gasteiger charge is -2.23. The number of anilines is 1. The van der Waals surface area contributed by atoms with Gasteiger partial charge in [-0.2, -0.15) is 5.10 Å². The van der Waals surface area contributed by atoms with Crippen molar-refractivity contribution in [3.05, 3.63) is 11.3 Å². The molecule has 1 atom stereocenters. The van der Waals surface area contributed by atoms with Crippen molar-refractivity contribution >= 4 is 23.0 Å². The molecule has 18 heavy (non-hydrogen) atoms. The molecule has 1 saturated heterocycles. The van der Waals surface area contributed by atoms with Gasteiger partial charge in [-0.25, -0.2) is 0 Å². The van der Waals surface area contributed by atoms with Gasteiger partial charge >= 0.3 is 0 Å². The summed E-state index contributed by atoms with van der Waals surface area (Å²) in [5, 5.41) is 7.70. The Morgan fingerprint density at radius 3 is 3.00 bits per heavy atom. The highest BCUT2D eigenvalue weighted by molar-refractivity contribution is 7.80. The zero-order chi connectivity index (χ0) is 13.1. The number of ether oxygens (including phenoxy) is 1. The second-order valence-corrected chi connectivity index (χ2v) is 5.11. The molecule has 5 nitrogen and oxygen atoms in total. The van der Waals surface area contributed by atoms with Crippen LogP contribution < -0.4 is 11.1 Å². The van der Waals surface area contributed by atoms with E-state index in [-0.39, 0.29) is 6.10 Å². The van der Waals surface area contributed by atoms with E-state index in [4.69, 9.17) is 22.7 Å². The molecule has 1 aromatic rings. The molecule has 1 unspecified atom stereocenters. The molecular formula is C12H20N4OS. The maximum absolute atomic E-state index is 5.74. The van der Waals surface area contributed by atoms with Crippen molar-refractivity contribution in [2.75, 3.05) is 18.5 Å². The van der Waals surface area contributed by atoms with Gasteiger partial charge in [0.1, 0.15) is 10.8 Å². The van der Waals surface area contributed by atoms with Gasteiger partial charge in [0, 0.05) is 20.2 Å². The normalized spacial score (nSPS) is 19.8. The van der Waals surface area contributed by atoms with E-state index in [1.54, 1.807) is 4.68 Å². The van der Waals surface area contributed by atoms with Crippen molar-refractivity contribution in [1.29, 1.82) is 0 Å². The Balaban J connectivity index is 2.06. The lowest BCUT2D eigenvalue weighted by Crippen LogP contribution is -2.28. The van der Waals surface area contributed by atoms with Gasteiger partial charge in [0.05, 0.1) is 17.4 Å². The van der Waals surface area contributed by atoms with Crippen LogP contribution in [-0.2, 0) is 11.8 Å². The number of nitrogens with two attached hydrogens (primary N) is 1. The average molecular weight is 268 g/mol. The first-order valence-electron chi connectivity index (χ1n) is 6.28. The van der Waals surface area contributed by atoms with Crippen molar-refractivity contribution < 1.29 is 4.74 Å². The van der Waals surface area contributed by atoms with E-state index in [1.807, 2.05) is 14.0 Å². The molecule has 2 heterocycles. The van der Waals surface area contributed by atoms with Crippen molar-refractivity contribution in [3.8, 4) is 0 Å². The van der Waals surface area contributed by atoms with E-state index in [9.17, 15) is 0 Å². The summed E-state index contributed by atoms with van der Waals surface area (Å²) < 4.78 is 7.47. The molecule has 0 aliphatic carbocycles. The molecule has 6 heteroatoms. The molecule has 0 radical (unpaired) electrons. The van der Waals surface area contributed by atoms with Gasteiger partial charge in [-0.1, -0.05) is 12.2 Å². The maximum atomic E-state index is 5.74. The molecule has 0 spiro atoms. The Bertz CT molecular complexity index is 438. The summed E-state index contributed by atoms with van der Waals surface area (Å²) in [5.74, 6) is 0.883. The highest BCUT2D eigenvalue weighted by atomic mass is 32.1. The van der Waals surface area contributed by atoms with Crippen molar-refractivity contribution in [2.24, 2.45) is 12.8 Å². The third kappa shape index (κ3) is 2.81. The Hall–Kier alpha value is -1.14. The summed E-state index contributed by atoms with van der Waals surface area (Å²) in [5.41, 5.74) is 7.44. The van der Waals surface area contributed by atoms with Crippen molar-refractivity contribution in [2.45, 2.75) is 32.3 Å². The summed E-state index contributed by atoms with van der Waals surface area (Å²) >= 11 is 5.07. The molecule has 1 aliphatic rings. The summed E-state index contributed by atoms with van der Waals surface area (Å²) in [6, 6.07) is 0. The fourth-order valence-electron chi connectivity index (χ4n) is 2.33. The first-order valence-corrected chi connectivity index (χ1v) is 6.69. The van der Waals surface area contributed by atoms with Gasteiger partial charge in [-0.15, -0.1) is 0 Å². The van der Waals surface area contributed by atoms with E-state index in [0.717, 1.165) is 36.6 Å². The molecule has 1 aromatic heterocycles. The molecule has 0 amide bonds. The number of thiocarbonyl (C=S) groups is 1. The first-order chi connectivity index (χ1) is 8.59. The van der Waals surface area contributed by atoms with Gasteiger partial charge in [0.25, 0.3) is 0 Å². The van der Waals surface area contributed by atoms with Gasteiger partial charge in [-0.05, 0) is 26.2 Å². The van der Waals surface area contributed by atoms with E-state index >= 15 is 0 Å². The number of nitrogens with one attached hydrogen (secondary N) is 1. The Morgan fingerprint density at radius 1 is 1.61 bits per heavy atom. The van der Waals surface area contributed by atoms with Gasteiger partial charge in [-0.3, -0.25) is 4.68 Å². The molecule has 0 saturated carbocycles. The van der Waals surface area contributed by atoms with E-state index in [1.165, 1.54) is 12.8 Å². The average Bonchev–Trinajstić information content (AvgIpc) is 2.62. The van der Waals surface area contributed by atoms with E-state index in [2.05, 4.69) is 10.4 Å². The molecule has 1 aliphatic heterocycles. The number of aryl methyl sites for hydroxylation is 2. The van der Waals surface area contributed by atoms with Crippen LogP contribution >= 0.6 is 12.2 Å². The van der Waals surface area contributed by atoms with Gasteiger partial charge in [0.2, 0.25) is 0 Å². The molecular weight excluding hydrogens is 248 g/mol. The summed E-state index contributed by atoms with van der Waals surface area (Å²) in [7, 11) is 1.89. The Kier molecular flexibility index (Phi) is 4.19. The highest BCUT2D eigenvalue weighted by Gasteiger charge is 2.18. The van der Waals surface area contributed by atoms with Crippen LogP contribution in [0, 0.1) is 6.92 Å². The van der Waals surface area contributed by atoms with Crippen LogP contribution in [0.1, 0.15) is 30.5 Å². The fraction of sp³-hybridized carbons (Fsp3) is 0.667. The summed E-state index contributed by atoms with van der Waals surface area (Å²) in [6.45, 7) is 3.55. The largest absolute Gasteiger partial charge is 0.389 e. The Labute approximate surface area is 113 Å². The van der Waals surface area contributed by atoms with E-state index < -0.39 is 0 Å². The van der Waals surface area contributed by atoms with Gasteiger partial charge < -0.3 is 15.8 Å². The minimum atomic E-state index is 0.271. The second kappa shape index (κ2) is 5.67. The molecule has 2 rings (SSSR count). The van der Waals surface area contributed by atoms with Crippen LogP contribution in [0.2, 0.25) is 0 Å². The predicted octanol–water partition coefficient (Wildman–Crippen LogP) is 1.34. The van der Waals surface area contributed by atoms with Gasteiger partial charge in [0.15, 0.2) is 0 Å². The lowest BCUT2D eigenvalue weighted by atomic mass is 10.1. The second-order valence-electron chi connectivity index (χ2n) is 4.67. The number of hydrogen-bond donors (Lipinski definition) is 2. The number of rotatable bonds is 4. The zero-order valence-electron chi connectivity index (χ0n) is 10.9. The third-order valence-corrected chi connectivity index (χ3v) is 3.44. The molecule has 1 fully saturated rings. The standard InChI is InChI=1S/C12H20N4OS/c1-8-10(11(13)18)12(16(2)15-8)14-7-9-5-3-4-6-17-9/h9,14H,3-7H2,1-2H3,(H2,13,18). The smallest absolute Gasteiger partial charge is 0.134 e. The lowest BCUT2D eigenvalue weighted by molar-refractivity contribution is 0.0247. The third-order valence-electron chi connectivity index (χ3n) is 3.24. The molecule has 3 N–H and O–H groups in total. The zero-order valence-corrected chi connectivity index (χ0v) is 11.7. The monoisotopic (exact) mass is 268 g/mol. The van der Waals surface area contributed by atoms with Crippen LogP contribution in [0.3, 0.4) is 0 Å². The fourth-order valence-corrected chi connectivity index (χ4v) is 2.58. The summed E-state index contributed by atoms with van der Waals surface area (Å²) in [6.07, 6.45) is 3.78. The van der Waals surface area contributed by atoms with Crippen molar-refractivity contribution in [3.63, 3.8) is 0 Å². The van der Waals surface area contributed by atoms with Crippen LogP contribution in [0.25, 0.3) is 0 Å². The Morgan fingerprint density at radius 2 is 2.39 bits per heavy atom. The maximum Gasteiger partial charge on any atom is 0.134 e. The number of aromatic nitrogens is 2. The topological polar surface area (TPSA) is 65.1 Å². The minimum absolute atomic E-state index is 0.271. The van der Waals surface area contributed by atoms with Crippen LogP contribution in [0.15, 0.2) is 0 Å². The molecule has 0 bridgehead atoms. The highest BCUT2D eigenvalue weighted by Crippen LogP contribution is 2.20. The van der Waals surface area contributed by atoms with Crippen LogP contribution in [0.5, 0.6) is 0 Å².